The topological polar surface area (TPSA) is 58.3 Å². The van der Waals surface area contributed by atoms with Crippen LogP contribution in [0.1, 0.15) is 64.2 Å². The Bertz CT molecular complexity index is 229. The molecule has 19 heavy (non-hydrogen) atoms. The van der Waals surface area contributed by atoms with Crippen molar-refractivity contribution < 1.29 is 5.11 Å². The number of nitrogens with two attached hydrogens (primary N) is 1. The van der Waals surface area contributed by atoms with Crippen LogP contribution in [0.25, 0.3) is 0 Å². The molecule has 3 heteroatoms. The summed E-state index contributed by atoms with van der Waals surface area (Å²) < 4.78 is 0. The van der Waals surface area contributed by atoms with Crippen LogP contribution in [0, 0.1) is 11.8 Å². The van der Waals surface area contributed by atoms with Crippen molar-refractivity contribution in [2.24, 2.45) is 17.6 Å². The van der Waals surface area contributed by atoms with Crippen molar-refractivity contribution in [3.63, 3.8) is 0 Å². The average Bonchev–Trinajstić information content (AvgIpc) is 3.11. The van der Waals surface area contributed by atoms with Gasteiger partial charge in [0.25, 0.3) is 0 Å². The molecule has 0 aliphatic heterocycles. The first-order valence-corrected chi connectivity index (χ1v) is 8.38. The molecule has 112 valence electrons. The molecule has 0 amide bonds. The van der Waals surface area contributed by atoms with Gasteiger partial charge in [0, 0.05) is 12.1 Å². The van der Waals surface area contributed by atoms with Gasteiger partial charge in [0.1, 0.15) is 0 Å². The summed E-state index contributed by atoms with van der Waals surface area (Å²) in [6.45, 7) is 2.22. The van der Waals surface area contributed by atoms with Gasteiger partial charge >= 0.3 is 0 Å². The molecular weight excluding hydrogens is 236 g/mol. The second-order valence-electron chi connectivity index (χ2n) is 6.65. The van der Waals surface area contributed by atoms with Crippen molar-refractivity contribution in [3.05, 3.63) is 0 Å². The molecule has 0 radical (unpaired) electrons. The van der Waals surface area contributed by atoms with Crippen LogP contribution in [0.4, 0.5) is 0 Å². The number of aliphatic hydroxyl groups excluding tert-OH is 1. The van der Waals surface area contributed by atoms with Crippen molar-refractivity contribution in [1.29, 1.82) is 0 Å². The van der Waals surface area contributed by atoms with E-state index in [1.54, 1.807) is 0 Å². The molecular formula is C16H32N2O. The standard InChI is InChI=1S/C16H32N2O/c17-16(14-6-1-2-7-14,15-8-3-4-9-15)10-12-18-11-5-13-19/h14-15,18-19H,1-13,17H2. The van der Waals surface area contributed by atoms with E-state index in [0.29, 0.717) is 0 Å². The van der Waals surface area contributed by atoms with Gasteiger partial charge < -0.3 is 16.2 Å². The fraction of sp³-hybridized carbons (Fsp3) is 1.00. The summed E-state index contributed by atoms with van der Waals surface area (Å²) in [6.07, 6.45) is 12.9. The highest BCUT2D eigenvalue weighted by Gasteiger charge is 2.43. The molecule has 3 nitrogen and oxygen atoms in total. The van der Waals surface area contributed by atoms with E-state index < -0.39 is 0 Å². The molecule has 0 spiro atoms. The Labute approximate surface area is 118 Å². The van der Waals surface area contributed by atoms with Crippen LogP contribution in [0.5, 0.6) is 0 Å². The van der Waals surface area contributed by atoms with Crippen molar-refractivity contribution in [3.8, 4) is 0 Å². The molecule has 0 aromatic rings. The van der Waals surface area contributed by atoms with Crippen LogP contribution in [0.2, 0.25) is 0 Å². The fourth-order valence-electron chi connectivity index (χ4n) is 4.30. The van der Waals surface area contributed by atoms with Gasteiger partial charge in [0.15, 0.2) is 0 Å². The van der Waals surface area contributed by atoms with Gasteiger partial charge in [-0.3, -0.25) is 0 Å². The molecule has 0 saturated heterocycles. The Balaban J connectivity index is 1.85. The number of aliphatic hydroxyl groups is 1. The SMILES string of the molecule is NC(CCNCCCO)(C1CCCC1)C1CCCC1. The van der Waals surface area contributed by atoms with Crippen molar-refractivity contribution >= 4 is 0 Å². The average molecular weight is 268 g/mol. The molecule has 0 bridgehead atoms. The summed E-state index contributed by atoms with van der Waals surface area (Å²) in [5, 5.41) is 12.3. The normalized spacial score (nSPS) is 22.4. The van der Waals surface area contributed by atoms with Crippen LogP contribution in [-0.2, 0) is 0 Å². The van der Waals surface area contributed by atoms with Crippen LogP contribution in [0.15, 0.2) is 0 Å². The minimum Gasteiger partial charge on any atom is -0.396 e. The minimum absolute atomic E-state index is 0.0826. The first-order chi connectivity index (χ1) is 9.27. The molecule has 0 atom stereocenters. The molecule has 2 aliphatic rings. The van der Waals surface area contributed by atoms with Crippen molar-refractivity contribution in [1.82, 2.24) is 5.32 Å². The maximum atomic E-state index is 8.81. The molecule has 2 aliphatic carbocycles. The van der Waals surface area contributed by atoms with E-state index in [-0.39, 0.29) is 12.1 Å². The molecule has 2 fully saturated rings. The second-order valence-corrected chi connectivity index (χ2v) is 6.65. The highest BCUT2D eigenvalue weighted by Crippen LogP contribution is 2.44. The predicted octanol–water partition coefficient (Wildman–Crippen LogP) is 2.43. The zero-order valence-corrected chi connectivity index (χ0v) is 12.4. The lowest BCUT2D eigenvalue weighted by Crippen LogP contribution is -2.53. The molecule has 0 aromatic heterocycles. The van der Waals surface area contributed by atoms with Crippen LogP contribution in [0.3, 0.4) is 0 Å². The van der Waals surface area contributed by atoms with E-state index in [2.05, 4.69) is 5.32 Å². The zero-order valence-electron chi connectivity index (χ0n) is 12.4. The number of hydrogen-bond donors (Lipinski definition) is 3. The Morgan fingerprint density at radius 3 is 1.95 bits per heavy atom. The maximum absolute atomic E-state index is 8.81. The monoisotopic (exact) mass is 268 g/mol. The molecule has 4 N–H and O–H groups in total. The van der Waals surface area contributed by atoms with E-state index in [4.69, 9.17) is 10.8 Å². The Kier molecular flexibility index (Phi) is 6.11. The summed E-state index contributed by atoms with van der Waals surface area (Å²) in [6, 6.07) is 0. The lowest BCUT2D eigenvalue weighted by atomic mass is 9.70. The highest BCUT2D eigenvalue weighted by molar-refractivity contribution is 5.00. The smallest absolute Gasteiger partial charge is 0.0443 e. The predicted molar refractivity (Wildman–Crippen MR) is 80.0 cm³/mol. The number of nitrogens with one attached hydrogen (secondary N) is 1. The van der Waals surface area contributed by atoms with Crippen molar-refractivity contribution in [2.45, 2.75) is 69.7 Å². The highest BCUT2D eigenvalue weighted by atomic mass is 16.3. The van der Waals surface area contributed by atoms with E-state index in [1.165, 1.54) is 51.4 Å². The van der Waals surface area contributed by atoms with Gasteiger partial charge in [0.2, 0.25) is 0 Å². The summed E-state index contributed by atoms with van der Waals surface area (Å²) in [5.41, 5.74) is 7.02. The second kappa shape index (κ2) is 7.61. The quantitative estimate of drug-likeness (QED) is 0.593. The molecule has 0 aromatic carbocycles. The lowest BCUT2D eigenvalue weighted by Gasteiger charge is -2.41. The van der Waals surface area contributed by atoms with E-state index in [1.807, 2.05) is 0 Å². The number of rotatable bonds is 8. The third kappa shape index (κ3) is 3.93. The zero-order chi connectivity index (χ0) is 13.6. The Morgan fingerprint density at radius 2 is 1.47 bits per heavy atom. The van der Waals surface area contributed by atoms with E-state index in [0.717, 1.165) is 37.8 Å². The van der Waals surface area contributed by atoms with Crippen LogP contribution < -0.4 is 11.1 Å². The van der Waals surface area contributed by atoms with Gasteiger partial charge in [-0.25, -0.2) is 0 Å². The van der Waals surface area contributed by atoms with Crippen LogP contribution >= 0.6 is 0 Å². The van der Waals surface area contributed by atoms with Gasteiger partial charge in [-0.1, -0.05) is 25.7 Å². The van der Waals surface area contributed by atoms with Crippen molar-refractivity contribution in [2.75, 3.05) is 19.7 Å². The summed E-state index contributed by atoms with van der Waals surface area (Å²) in [4.78, 5) is 0. The molecule has 2 rings (SSSR count). The maximum Gasteiger partial charge on any atom is 0.0443 e. The van der Waals surface area contributed by atoms with Gasteiger partial charge in [0.05, 0.1) is 0 Å². The van der Waals surface area contributed by atoms with E-state index in [9.17, 15) is 0 Å². The first kappa shape index (κ1) is 15.3. The largest absolute Gasteiger partial charge is 0.396 e. The fourth-order valence-corrected chi connectivity index (χ4v) is 4.30. The summed E-state index contributed by atoms with van der Waals surface area (Å²) >= 11 is 0. The number of hydrogen-bond acceptors (Lipinski definition) is 3. The third-order valence-electron chi connectivity index (χ3n) is 5.48. The summed E-state index contributed by atoms with van der Waals surface area (Å²) in [7, 11) is 0. The third-order valence-corrected chi connectivity index (χ3v) is 5.48. The van der Waals surface area contributed by atoms with E-state index >= 15 is 0 Å². The van der Waals surface area contributed by atoms with Gasteiger partial charge in [-0.2, -0.15) is 0 Å². The van der Waals surface area contributed by atoms with Crippen LogP contribution in [-0.4, -0.2) is 30.3 Å². The molecule has 2 saturated carbocycles. The summed E-state index contributed by atoms with van der Waals surface area (Å²) in [5.74, 6) is 1.52. The van der Waals surface area contributed by atoms with Gasteiger partial charge in [-0.15, -0.1) is 0 Å². The van der Waals surface area contributed by atoms with Gasteiger partial charge in [-0.05, 0) is 63.5 Å². The Hall–Kier alpha value is -0.120. The first-order valence-electron chi connectivity index (χ1n) is 8.38. The lowest BCUT2D eigenvalue weighted by molar-refractivity contribution is 0.162. The Morgan fingerprint density at radius 1 is 0.947 bits per heavy atom. The molecule has 0 heterocycles. The minimum atomic E-state index is 0.0826. The molecule has 0 unspecified atom stereocenters.